The van der Waals surface area contributed by atoms with Crippen LogP contribution in [0.5, 0.6) is 17.4 Å². The molecule has 4 rings (SSSR count). The normalized spacial score (nSPS) is 14.5. The minimum Gasteiger partial charge on any atom is -0.493 e. The highest BCUT2D eigenvalue weighted by atomic mass is 16.5. The van der Waals surface area contributed by atoms with Crippen molar-refractivity contribution in [3.05, 3.63) is 60.2 Å². The van der Waals surface area contributed by atoms with Gasteiger partial charge in [0, 0.05) is 31.7 Å². The number of methoxy groups -OCH3 is 1. The van der Waals surface area contributed by atoms with Crippen LogP contribution in [-0.2, 0) is 13.6 Å². The largest absolute Gasteiger partial charge is 0.493 e. The van der Waals surface area contributed by atoms with E-state index in [9.17, 15) is 5.11 Å². The zero-order chi connectivity index (χ0) is 23.2. The number of para-hydroxylation sites is 2. The first-order valence-corrected chi connectivity index (χ1v) is 11.9. The number of nitrogens with zero attached hydrogens (tertiary/aromatic N) is 3. The maximum Gasteiger partial charge on any atom is 0.222 e. The molecule has 33 heavy (non-hydrogen) atoms. The second-order valence-electron chi connectivity index (χ2n) is 8.83. The van der Waals surface area contributed by atoms with E-state index < -0.39 is 0 Å². The van der Waals surface area contributed by atoms with Crippen LogP contribution in [0.15, 0.2) is 54.6 Å². The lowest BCUT2D eigenvalue weighted by atomic mass is 10.1. The van der Waals surface area contributed by atoms with Crippen molar-refractivity contribution < 1.29 is 14.6 Å². The third-order valence-corrected chi connectivity index (χ3v) is 6.17. The van der Waals surface area contributed by atoms with Gasteiger partial charge in [0.1, 0.15) is 5.69 Å². The predicted octanol–water partition coefficient (Wildman–Crippen LogP) is 5.40. The number of benzene rings is 2. The summed E-state index contributed by atoms with van der Waals surface area (Å²) in [6.45, 7) is 3.51. The molecular formula is C27H35N3O3. The van der Waals surface area contributed by atoms with Crippen LogP contribution in [0, 0.1) is 0 Å². The average Bonchev–Trinajstić information content (AvgIpc) is 3.64. The number of hydrogen-bond donors (Lipinski definition) is 1. The lowest BCUT2D eigenvalue weighted by Crippen LogP contribution is -2.34. The third-order valence-electron chi connectivity index (χ3n) is 6.17. The van der Waals surface area contributed by atoms with E-state index in [1.54, 1.807) is 7.11 Å². The fourth-order valence-corrected chi connectivity index (χ4v) is 4.25. The van der Waals surface area contributed by atoms with Gasteiger partial charge >= 0.3 is 0 Å². The molecule has 1 aliphatic rings. The summed E-state index contributed by atoms with van der Waals surface area (Å²) in [4.78, 5) is 2.40. The summed E-state index contributed by atoms with van der Waals surface area (Å²) >= 11 is 0. The monoisotopic (exact) mass is 449 g/mol. The Morgan fingerprint density at radius 1 is 1.09 bits per heavy atom. The fraction of sp³-hybridized carbons (Fsp3) is 0.444. The summed E-state index contributed by atoms with van der Waals surface area (Å²) in [5, 5.41) is 15.5. The Hall–Kier alpha value is -2.83. The van der Waals surface area contributed by atoms with E-state index in [-0.39, 0.29) is 6.10 Å². The summed E-state index contributed by atoms with van der Waals surface area (Å²) in [6, 6.07) is 18.4. The lowest BCUT2D eigenvalue weighted by molar-refractivity contribution is 0.0951. The Balaban J connectivity index is 1.69. The molecule has 0 amide bonds. The number of unbranched alkanes of at least 4 members (excludes halogenated alkanes) is 1. The van der Waals surface area contributed by atoms with Crippen LogP contribution in [0.25, 0.3) is 11.3 Å². The van der Waals surface area contributed by atoms with E-state index in [4.69, 9.17) is 14.6 Å². The Morgan fingerprint density at radius 2 is 1.79 bits per heavy atom. The van der Waals surface area contributed by atoms with Gasteiger partial charge in [-0.15, -0.1) is 0 Å². The van der Waals surface area contributed by atoms with E-state index in [0.29, 0.717) is 36.5 Å². The van der Waals surface area contributed by atoms with Gasteiger partial charge in [0.15, 0.2) is 11.5 Å². The SMILES string of the molecule is CCCC[C@H](O)CN(Cc1c(-c2ccccc2)nn(C)c1Oc1ccccc1OC)C1CC1. The van der Waals surface area contributed by atoms with Crippen molar-refractivity contribution in [3.8, 4) is 28.6 Å². The van der Waals surface area contributed by atoms with Crippen LogP contribution >= 0.6 is 0 Å². The zero-order valence-corrected chi connectivity index (χ0v) is 19.9. The Labute approximate surface area is 196 Å². The number of ether oxygens (including phenoxy) is 2. The van der Waals surface area contributed by atoms with Gasteiger partial charge in [-0.2, -0.15) is 5.10 Å². The molecule has 0 unspecified atom stereocenters. The molecule has 6 heteroatoms. The minimum absolute atomic E-state index is 0.319. The first-order chi connectivity index (χ1) is 16.1. The highest BCUT2D eigenvalue weighted by Crippen LogP contribution is 2.39. The van der Waals surface area contributed by atoms with Crippen molar-refractivity contribution in [2.45, 2.75) is 57.7 Å². The topological polar surface area (TPSA) is 59.8 Å². The maximum atomic E-state index is 10.7. The second-order valence-corrected chi connectivity index (χ2v) is 8.83. The van der Waals surface area contributed by atoms with Crippen molar-refractivity contribution in [1.29, 1.82) is 0 Å². The van der Waals surface area contributed by atoms with Crippen LogP contribution in [0.4, 0.5) is 0 Å². The van der Waals surface area contributed by atoms with Gasteiger partial charge in [0.05, 0.1) is 18.8 Å². The molecule has 1 fully saturated rings. The lowest BCUT2D eigenvalue weighted by Gasteiger charge is -2.25. The molecular weight excluding hydrogens is 414 g/mol. The van der Waals surface area contributed by atoms with Crippen LogP contribution in [0.2, 0.25) is 0 Å². The number of hydrogen-bond acceptors (Lipinski definition) is 5. The molecule has 1 aromatic heterocycles. The van der Waals surface area contributed by atoms with Gasteiger partial charge in [-0.05, 0) is 31.4 Å². The third kappa shape index (κ3) is 5.75. The fourth-order valence-electron chi connectivity index (χ4n) is 4.25. The molecule has 1 saturated carbocycles. The number of aromatic nitrogens is 2. The molecule has 6 nitrogen and oxygen atoms in total. The van der Waals surface area contributed by atoms with Crippen molar-refractivity contribution in [2.75, 3.05) is 13.7 Å². The van der Waals surface area contributed by atoms with Gasteiger partial charge < -0.3 is 14.6 Å². The number of aliphatic hydroxyl groups excluding tert-OH is 1. The molecule has 0 spiro atoms. The average molecular weight is 450 g/mol. The summed E-state index contributed by atoms with van der Waals surface area (Å²) in [5.74, 6) is 2.04. The Bertz CT molecular complexity index is 1030. The van der Waals surface area contributed by atoms with Crippen molar-refractivity contribution >= 4 is 0 Å². The predicted molar refractivity (Wildman–Crippen MR) is 131 cm³/mol. The van der Waals surface area contributed by atoms with Gasteiger partial charge in [-0.3, -0.25) is 4.90 Å². The van der Waals surface area contributed by atoms with E-state index in [1.807, 2.05) is 54.2 Å². The highest BCUT2D eigenvalue weighted by molar-refractivity contribution is 5.66. The van der Waals surface area contributed by atoms with Crippen LogP contribution < -0.4 is 9.47 Å². The van der Waals surface area contributed by atoms with Crippen molar-refractivity contribution in [2.24, 2.45) is 7.05 Å². The molecule has 0 bridgehead atoms. The molecule has 2 aromatic carbocycles. The first kappa shape index (κ1) is 23.3. The molecule has 176 valence electrons. The van der Waals surface area contributed by atoms with Gasteiger partial charge in [0.2, 0.25) is 5.88 Å². The Morgan fingerprint density at radius 3 is 2.45 bits per heavy atom. The highest BCUT2D eigenvalue weighted by Gasteiger charge is 2.33. The first-order valence-electron chi connectivity index (χ1n) is 11.9. The second kappa shape index (κ2) is 10.9. The minimum atomic E-state index is -0.319. The van der Waals surface area contributed by atoms with Crippen molar-refractivity contribution in [3.63, 3.8) is 0 Å². The van der Waals surface area contributed by atoms with Crippen molar-refractivity contribution in [1.82, 2.24) is 14.7 Å². The van der Waals surface area contributed by atoms with Gasteiger partial charge in [-0.1, -0.05) is 62.2 Å². The quantitative estimate of drug-likeness (QED) is 0.401. The van der Waals surface area contributed by atoms with Crippen LogP contribution in [0.3, 0.4) is 0 Å². The Kier molecular flexibility index (Phi) is 7.68. The zero-order valence-electron chi connectivity index (χ0n) is 19.9. The van der Waals surface area contributed by atoms with E-state index in [1.165, 1.54) is 12.8 Å². The van der Waals surface area contributed by atoms with Gasteiger partial charge in [-0.25, -0.2) is 4.68 Å². The standard InChI is InChI=1S/C27H35N3O3/c1-4-5-13-22(31)18-30(21-16-17-21)19-23-26(20-11-7-6-8-12-20)28-29(2)27(23)33-25-15-10-9-14-24(25)32-3/h6-12,14-15,21-22,31H,4-5,13,16-19H2,1-3H3/t22-/m0/s1. The molecule has 1 heterocycles. The summed E-state index contributed by atoms with van der Waals surface area (Å²) in [6.07, 6.45) is 5.00. The molecule has 1 aliphatic carbocycles. The summed E-state index contributed by atoms with van der Waals surface area (Å²) in [5.41, 5.74) is 3.00. The smallest absolute Gasteiger partial charge is 0.222 e. The molecule has 0 aliphatic heterocycles. The molecule has 1 N–H and O–H groups in total. The van der Waals surface area contributed by atoms with Crippen LogP contribution in [0.1, 0.15) is 44.6 Å². The van der Waals surface area contributed by atoms with Gasteiger partial charge in [0.25, 0.3) is 0 Å². The van der Waals surface area contributed by atoms with E-state index >= 15 is 0 Å². The van der Waals surface area contributed by atoms with E-state index in [2.05, 4.69) is 24.0 Å². The number of aliphatic hydroxyl groups is 1. The summed E-state index contributed by atoms with van der Waals surface area (Å²) in [7, 11) is 3.56. The number of rotatable bonds is 12. The molecule has 1 atom stereocenters. The molecule has 3 aromatic rings. The molecule has 0 radical (unpaired) electrons. The van der Waals surface area contributed by atoms with E-state index in [0.717, 1.165) is 36.1 Å². The number of aryl methyl sites for hydroxylation is 1. The molecule has 0 saturated heterocycles. The van der Waals surface area contributed by atoms with Crippen LogP contribution in [-0.4, -0.2) is 45.6 Å². The maximum absolute atomic E-state index is 10.7. The summed E-state index contributed by atoms with van der Waals surface area (Å²) < 4.78 is 13.7.